The molecule has 1 aliphatic rings. The lowest BCUT2D eigenvalue weighted by atomic mass is 9.87. The molecule has 3 unspecified atom stereocenters. The number of likely N-dealkylation sites (N-methyl/N-ethyl adjacent to an activating group) is 1. The Morgan fingerprint density at radius 1 is 1.40 bits per heavy atom. The topological polar surface area (TPSA) is 29.3 Å². The van der Waals surface area contributed by atoms with Gasteiger partial charge in [-0.15, -0.1) is 0 Å². The third kappa shape index (κ3) is 2.54. The molecule has 2 heteroatoms. The van der Waals surface area contributed by atoms with Gasteiger partial charge < -0.3 is 5.73 Å². The Hall–Kier alpha value is -0.0800. The van der Waals surface area contributed by atoms with Crippen LogP contribution in [0.2, 0.25) is 0 Å². The Labute approximate surface area is 95.2 Å². The monoisotopic (exact) mass is 212 g/mol. The smallest absolute Gasteiger partial charge is 0.0255 e. The summed E-state index contributed by atoms with van der Waals surface area (Å²) in [6.07, 6.45) is 3.76. The van der Waals surface area contributed by atoms with Crippen LogP contribution >= 0.6 is 0 Å². The minimum atomic E-state index is 0.325. The molecular formula is C13H28N2. The summed E-state index contributed by atoms with van der Waals surface area (Å²) in [5, 5.41) is 0. The molecule has 2 nitrogen and oxygen atoms in total. The predicted octanol–water partition coefficient (Wildman–Crippen LogP) is 2.62. The summed E-state index contributed by atoms with van der Waals surface area (Å²) in [6, 6.07) is 1.60. The third-order valence-electron chi connectivity index (χ3n) is 4.35. The number of nitrogens with two attached hydrogens (primary N) is 1. The van der Waals surface area contributed by atoms with Gasteiger partial charge >= 0.3 is 0 Å². The van der Waals surface area contributed by atoms with E-state index in [-0.39, 0.29) is 0 Å². The first-order valence-corrected chi connectivity index (χ1v) is 6.45. The fraction of sp³-hybridized carbons (Fsp3) is 1.00. The van der Waals surface area contributed by atoms with Crippen LogP contribution in [0.4, 0.5) is 0 Å². The second kappa shape index (κ2) is 4.84. The van der Waals surface area contributed by atoms with Crippen LogP contribution < -0.4 is 5.73 Å². The van der Waals surface area contributed by atoms with Gasteiger partial charge in [-0.25, -0.2) is 0 Å². The number of hydrogen-bond donors (Lipinski definition) is 1. The molecule has 1 fully saturated rings. The molecule has 0 bridgehead atoms. The van der Waals surface area contributed by atoms with E-state index in [9.17, 15) is 0 Å². The molecule has 3 atom stereocenters. The summed E-state index contributed by atoms with van der Waals surface area (Å²) >= 11 is 0. The third-order valence-corrected chi connectivity index (χ3v) is 4.35. The zero-order valence-corrected chi connectivity index (χ0v) is 11.1. The second-order valence-corrected chi connectivity index (χ2v) is 5.71. The maximum Gasteiger partial charge on any atom is 0.0255 e. The van der Waals surface area contributed by atoms with Crippen LogP contribution in [0.3, 0.4) is 0 Å². The Morgan fingerprint density at radius 2 is 2.00 bits per heavy atom. The highest BCUT2D eigenvalue weighted by atomic mass is 15.2. The first-order chi connectivity index (χ1) is 6.94. The van der Waals surface area contributed by atoms with Crippen LogP contribution in [-0.4, -0.2) is 29.6 Å². The highest BCUT2D eigenvalue weighted by molar-refractivity contribution is 4.99. The van der Waals surface area contributed by atoms with E-state index < -0.39 is 0 Å². The lowest BCUT2D eigenvalue weighted by molar-refractivity contribution is 0.125. The molecule has 1 rings (SSSR count). The van der Waals surface area contributed by atoms with E-state index >= 15 is 0 Å². The fourth-order valence-electron chi connectivity index (χ4n) is 2.87. The molecule has 90 valence electrons. The van der Waals surface area contributed by atoms with Crippen molar-refractivity contribution >= 4 is 0 Å². The van der Waals surface area contributed by atoms with Crippen LogP contribution in [-0.2, 0) is 0 Å². The molecule has 0 aliphatic heterocycles. The van der Waals surface area contributed by atoms with Gasteiger partial charge in [0.15, 0.2) is 0 Å². The molecule has 0 radical (unpaired) electrons. The summed E-state index contributed by atoms with van der Waals surface area (Å²) in [5.41, 5.74) is 6.71. The van der Waals surface area contributed by atoms with Crippen molar-refractivity contribution in [2.45, 2.75) is 72.0 Å². The molecule has 0 aromatic heterocycles. The maximum atomic E-state index is 6.38. The lowest BCUT2D eigenvalue weighted by Crippen LogP contribution is -2.51. The van der Waals surface area contributed by atoms with Crippen LogP contribution in [0.15, 0.2) is 0 Å². The Morgan fingerprint density at radius 3 is 2.33 bits per heavy atom. The molecule has 0 aromatic rings. The van der Waals surface area contributed by atoms with Gasteiger partial charge in [0.2, 0.25) is 0 Å². The minimum Gasteiger partial charge on any atom is -0.326 e. The predicted molar refractivity (Wildman–Crippen MR) is 66.9 cm³/mol. The van der Waals surface area contributed by atoms with E-state index in [4.69, 9.17) is 5.73 Å². The van der Waals surface area contributed by atoms with Gasteiger partial charge in [0.1, 0.15) is 0 Å². The Balaban J connectivity index is 2.71. The second-order valence-electron chi connectivity index (χ2n) is 5.71. The van der Waals surface area contributed by atoms with Crippen molar-refractivity contribution in [1.29, 1.82) is 0 Å². The lowest BCUT2D eigenvalue weighted by Gasteiger charge is -2.37. The van der Waals surface area contributed by atoms with Gasteiger partial charge in [-0.2, -0.15) is 0 Å². The molecule has 0 spiro atoms. The molecule has 0 amide bonds. The van der Waals surface area contributed by atoms with Crippen LogP contribution in [0.25, 0.3) is 0 Å². The maximum absolute atomic E-state index is 6.38. The molecule has 0 heterocycles. The number of nitrogens with zero attached hydrogens (tertiary/aromatic N) is 1. The van der Waals surface area contributed by atoms with Crippen molar-refractivity contribution in [2.75, 3.05) is 6.54 Å². The van der Waals surface area contributed by atoms with Gasteiger partial charge in [-0.3, -0.25) is 4.90 Å². The first kappa shape index (κ1) is 13.0. The van der Waals surface area contributed by atoms with E-state index in [2.05, 4.69) is 39.5 Å². The zero-order chi connectivity index (χ0) is 11.6. The Bertz CT molecular complexity index is 201. The summed E-state index contributed by atoms with van der Waals surface area (Å²) in [4.78, 5) is 2.60. The highest BCUT2D eigenvalue weighted by Crippen LogP contribution is 2.39. The van der Waals surface area contributed by atoms with E-state index in [1.165, 1.54) is 19.3 Å². The minimum absolute atomic E-state index is 0.325. The molecule has 0 aromatic carbocycles. The van der Waals surface area contributed by atoms with Crippen molar-refractivity contribution in [1.82, 2.24) is 4.90 Å². The van der Waals surface area contributed by atoms with Gasteiger partial charge in [0, 0.05) is 18.1 Å². The quantitative estimate of drug-likeness (QED) is 0.776. The van der Waals surface area contributed by atoms with E-state index in [1.54, 1.807) is 0 Å². The summed E-state index contributed by atoms with van der Waals surface area (Å²) < 4.78 is 0. The average Bonchev–Trinajstić information content (AvgIpc) is 2.46. The standard InChI is InChI=1S/C13H28N2/c1-6-10(3)15(7-2)11-8-9-13(4,5)12(11)14/h10-12H,6-9,14H2,1-5H3. The van der Waals surface area contributed by atoms with Gasteiger partial charge in [0.25, 0.3) is 0 Å². The fourth-order valence-corrected chi connectivity index (χ4v) is 2.87. The molecule has 1 aliphatic carbocycles. The van der Waals surface area contributed by atoms with Crippen molar-refractivity contribution in [2.24, 2.45) is 11.1 Å². The van der Waals surface area contributed by atoms with Gasteiger partial charge in [-0.05, 0) is 38.1 Å². The summed E-state index contributed by atoms with van der Waals surface area (Å²) in [6.45, 7) is 12.6. The van der Waals surface area contributed by atoms with Crippen molar-refractivity contribution < 1.29 is 0 Å². The normalized spacial score (nSPS) is 32.2. The average molecular weight is 212 g/mol. The van der Waals surface area contributed by atoms with Crippen LogP contribution in [0, 0.1) is 5.41 Å². The largest absolute Gasteiger partial charge is 0.326 e. The van der Waals surface area contributed by atoms with Crippen molar-refractivity contribution in [3.63, 3.8) is 0 Å². The van der Waals surface area contributed by atoms with Gasteiger partial charge in [-0.1, -0.05) is 27.7 Å². The van der Waals surface area contributed by atoms with Crippen LogP contribution in [0.1, 0.15) is 53.9 Å². The highest BCUT2D eigenvalue weighted by Gasteiger charge is 2.42. The van der Waals surface area contributed by atoms with E-state index in [1.807, 2.05) is 0 Å². The number of rotatable bonds is 4. The van der Waals surface area contributed by atoms with E-state index in [0.717, 1.165) is 6.54 Å². The number of hydrogen-bond acceptors (Lipinski definition) is 2. The SMILES string of the molecule is CCC(C)N(CC)C1CCC(C)(C)C1N. The molecule has 0 saturated heterocycles. The molecule has 1 saturated carbocycles. The Kier molecular flexibility index (Phi) is 4.19. The van der Waals surface area contributed by atoms with Gasteiger partial charge in [0.05, 0.1) is 0 Å². The molecular weight excluding hydrogens is 184 g/mol. The van der Waals surface area contributed by atoms with Crippen LogP contribution in [0.5, 0.6) is 0 Å². The summed E-state index contributed by atoms with van der Waals surface area (Å²) in [7, 11) is 0. The van der Waals surface area contributed by atoms with E-state index in [0.29, 0.717) is 23.5 Å². The molecule has 2 N–H and O–H groups in total. The first-order valence-electron chi connectivity index (χ1n) is 6.45. The summed E-state index contributed by atoms with van der Waals surface area (Å²) in [5.74, 6) is 0. The molecule has 15 heavy (non-hydrogen) atoms. The zero-order valence-electron chi connectivity index (χ0n) is 11.1. The van der Waals surface area contributed by atoms with Crippen molar-refractivity contribution in [3.05, 3.63) is 0 Å². The van der Waals surface area contributed by atoms with Crippen molar-refractivity contribution in [3.8, 4) is 0 Å².